The van der Waals surface area contributed by atoms with Gasteiger partial charge in [-0.3, -0.25) is 14.6 Å². The van der Waals surface area contributed by atoms with E-state index in [1.165, 1.54) is 5.57 Å². The lowest BCUT2D eigenvalue weighted by Crippen LogP contribution is -2.25. The van der Waals surface area contributed by atoms with E-state index in [-0.39, 0.29) is 11.8 Å². The molecular weight excluding hydrogens is 512 g/mol. The van der Waals surface area contributed by atoms with Crippen molar-refractivity contribution in [2.75, 3.05) is 11.9 Å². The fourth-order valence-electron chi connectivity index (χ4n) is 5.06. The Morgan fingerprint density at radius 3 is 2.46 bits per heavy atom. The fraction of sp³-hybridized carbons (Fsp3) is 0.235. The summed E-state index contributed by atoms with van der Waals surface area (Å²) in [6.07, 6.45) is 6.31. The molecule has 2 aromatic heterocycles. The van der Waals surface area contributed by atoms with Crippen LogP contribution in [0.5, 0.6) is 0 Å². The number of benzene rings is 2. The molecule has 208 valence electrons. The molecule has 1 aliphatic rings. The molecule has 1 aliphatic heterocycles. The van der Waals surface area contributed by atoms with Crippen molar-refractivity contribution in [3.8, 4) is 11.4 Å². The third kappa shape index (κ3) is 6.35. The number of amides is 2. The Kier molecular flexibility index (Phi) is 8.24. The van der Waals surface area contributed by atoms with Crippen LogP contribution in [0.15, 0.2) is 90.0 Å². The first-order chi connectivity index (χ1) is 19.8. The number of anilines is 1. The van der Waals surface area contributed by atoms with Gasteiger partial charge in [0.2, 0.25) is 0 Å². The van der Waals surface area contributed by atoms with Gasteiger partial charge in [0.25, 0.3) is 11.8 Å². The van der Waals surface area contributed by atoms with E-state index in [2.05, 4.69) is 34.7 Å². The van der Waals surface area contributed by atoms with Gasteiger partial charge in [-0.05, 0) is 99.4 Å². The van der Waals surface area contributed by atoms with Crippen LogP contribution in [-0.4, -0.2) is 28.3 Å². The summed E-state index contributed by atoms with van der Waals surface area (Å²) < 4.78 is 5.88. The number of ether oxygens (including phenoxy) is 1. The van der Waals surface area contributed by atoms with E-state index in [1.54, 1.807) is 36.5 Å². The highest BCUT2D eigenvalue weighted by Gasteiger charge is 2.17. The topological polar surface area (TPSA) is 93.2 Å². The number of rotatable bonds is 8. The molecule has 0 unspecified atom stereocenters. The Morgan fingerprint density at radius 2 is 1.76 bits per heavy atom. The summed E-state index contributed by atoms with van der Waals surface area (Å²) in [5, 5.41) is 6.72. The summed E-state index contributed by atoms with van der Waals surface area (Å²) in [5.74, 6) is 1.42. The number of aromatic nitrogens is 2. The van der Waals surface area contributed by atoms with Gasteiger partial charge in [-0.2, -0.15) is 0 Å². The largest absolute Gasteiger partial charge is 0.467 e. The van der Waals surface area contributed by atoms with E-state index >= 15 is 0 Å². The van der Waals surface area contributed by atoms with E-state index in [4.69, 9.17) is 9.72 Å². The number of hydrogen-bond acceptors (Lipinski definition) is 5. The summed E-state index contributed by atoms with van der Waals surface area (Å²) in [4.78, 5) is 35.5. The first-order valence-corrected chi connectivity index (χ1v) is 13.9. The molecule has 0 atom stereocenters. The van der Waals surface area contributed by atoms with Crippen LogP contribution in [0, 0.1) is 13.8 Å². The van der Waals surface area contributed by atoms with Crippen LogP contribution < -0.4 is 10.6 Å². The van der Waals surface area contributed by atoms with Crippen LogP contribution in [-0.2, 0) is 4.74 Å². The minimum Gasteiger partial charge on any atom is -0.467 e. The predicted molar refractivity (Wildman–Crippen MR) is 163 cm³/mol. The molecule has 0 fully saturated rings. The number of allylic oxidation sites excluding steroid dienone is 3. The number of carbonyl (C=O) groups is 2. The van der Waals surface area contributed by atoms with Crippen LogP contribution in [0.1, 0.15) is 65.0 Å². The Balaban J connectivity index is 1.28. The normalized spacial score (nSPS) is 13.0. The van der Waals surface area contributed by atoms with E-state index in [0.717, 1.165) is 46.4 Å². The Hall–Kier alpha value is -4.78. The number of nitrogens with one attached hydrogen (secondary N) is 2. The van der Waals surface area contributed by atoms with Gasteiger partial charge in [0.1, 0.15) is 5.76 Å². The molecule has 0 saturated carbocycles. The zero-order valence-electron chi connectivity index (χ0n) is 23.9. The number of pyridine rings is 2. The molecule has 0 spiro atoms. The van der Waals surface area contributed by atoms with E-state index in [1.807, 2.05) is 45.0 Å². The van der Waals surface area contributed by atoms with Gasteiger partial charge in [0, 0.05) is 35.8 Å². The third-order valence-electron chi connectivity index (χ3n) is 7.27. The first-order valence-electron chi connectivity index (χ1n) is 13.9. The Morgan fingerprint density at radius 1 is 0.951 bits per heavy atom. The summed E-state index contributed by atoms with van der Waals surface area (Å²) in [7, 11) is 0. The minimum atomic E-state index is -0.256. The average Bonchev–Trinajstić information content (AvgIpc) is 2.97. The molecule has 0 bridgehead atoms. The smallest absolute Gasteiger partial charge is 0.256 e. The predicted octanol–water partition coefficient (Wildman–Crippen LogP) is 7.27. The Labute approximate surface area is 240 Å². The molecule has 2 amide bonds. The van der Waals surface area contributed by atoms with Crippen molar-refractivity contribution in [3.05, 3.63) is 112 Å². The van der Waals surface area contributed by atoms with Gasteiger partial charge in [0.05, 0.1) is 28.2 Å². The third-order valence-corrected chi connectivity index (χ3v) is 7.27. The molecule has 4 aromatic rings. The summed E-state index contributed by atoms with van der Waals surface area (Å²) in [6, 6.07) is 18.3. The van der Waals surface area contributed by atoms with Crippen molar-refractivity contribution in [2.24, 2.45) is 0 Å². The minimum absolute atomic E-state index is 0.174. The number of carbonyl (C=O) groups excluding carboxylic acids is 2. The van der Waals surface area contributed by atoms with Crippen LogP contribution >= 0.6 is 0 Å². The van der Waals surface area contributed by atoms with Crippen molar-refractivity contribution in [1.82, 2.24) is 15.3 Å². The van der Waals surface area contributed by atoms with Gasteiger partial charge >= 0.3 is 0 Å². The fourth-order valence-corrected chi connectivity index (χ4v) is 5.06. The summed E-state index contributed by atoms with van der Waals surface area (Å²) in [6.45, 7) is 8.59. The van der Waals surface area contributed by atoms with Crippen molar-refractivity contribution < 1.29 is 14.3 Å². The van der Waals surface area contributed by atoms with Crippen LogP contribution in [0.2, 0.25) is 0 Å². The zero-order chi connectivity index (χ0) is 28.9. The zero-order valence-corrected chi connectivity index (χ0v) is 23.9. The second-order valence-electron chi connectivity index (χ2n) is 10.3. The average molecular weight is 547 g/mol. The molecule has 41 heavy (non-hydrogen) atoms. The van der Waals surface area contributed by atoms with Crippen molar-refractivity contribution in [1.29, 1.82) is 0 Å². The lowest BCUT2D eigenvalue weighted by molar-refractivity contribution is 0.0952. The maximum Gasteiger partial charge on any atom is 0.256 e. The van der Waals surface area contributed by atoms with Crippen LogP contribution in [0.25, 0.3) is 22.3 Å². The Bertz CT molecular complexity index is 1670. The van der Waals surface area contributed by atoms with Gasteiger partial charge in [-0.15, -0.1) is 0 Å². The second kappa shape index (κ2) is 12.2. The molecule has 3 heterocycles. The first kappa shape index (κ1) is 27.8. The maximum atomic E-state index is 13.5. The molecule has 0 radical (unpaired) electrons. The van der Waals surface area contributed by atoms with Gasteiger partial charge < -0.3 is 15.4 Å². The lowest BCUT2D eigenvalue weighted by Gasteiger charge is -2.19. The van der Waals surface area contributed by atoms with Crippen molar-refractivity contribution in [3.63, 3.8) is 0 Å². The summed E-state index contributed by atoms with van der Waals surface area (Å²) in [5.41, 5.74) is 7.07. The summed E-state index contributed by atoms with van der Waals surface area (Å²) >= 11 is 0. The molecule has 2 aromatic carbocycles. The number of nitrogens with zero attached hydrogens (tertiary/aromatic N) is 2. The highest BCUT2D eigenvalue weighted by atomic mass is 16.5. The monoisotopic (exact) mass is 546 g/mol. The SMILES string of the molecule is CCC1=C(C)OC(CCNC(=O)c2ccc(NC(=O)c3cc(-c4ccccn4)nc4c(C)cc(C)cc34)cc2)=CC1. The number of fused-ring (bicyclic) bond motifs is 1. The molecule has 7 nitrogen and oxygen atoms in total. The van der Waals surface area contributed by atoms with Gasteiger partial charge in [-0.1, -0.05) is 24.6 Å². The number of aryl methyl sites for hydroxylation is 2. The van der Waals surface area contributed by atoms with Crippen molar-refractivity contribution >= 4 is 28.4 Å². The molecule has 7 heteroatoms. The number of hydrogen-bond donors (Lipinski definition) is 2. The molecule has 5 rings (SSSR count). The molecule has 0 saturated heterocycles. The maximum absolute atomic E-state index is 13.5. The highest BCUT2D eigenvalue weighted by molar-refractivity contribution is 6.13. The van der Waals surface area contributed by atoms with Gasteiger partial charge in [-0.25, -0.2) is 4.98 Å². The highest BCUT2D eigenvalue weighted by Crippen LogP contribution is 2.28. The van der Waals surface area contributed by atoms with Crippen molar-refractivity contribution in [2.45, 2.75) is 47.0 Å². The van der Waals surface area contributed by atoms with E-state index in [9.17, 15) is 9.59 Å². The van der Waals surface area contributed by atoms with E-state index < -0.39 is 0 Å². The molecular formula is C34H34N4O3. The van der Waals surface area contributed by atoms with E-state index in [0.29, 0.717) is 41.2 Å². The van der Waals surface area contributed by atoms with Gasteiger partial charge in [0.15, 0.2) is 0 Å². The quantitative estimate of drug-likeness (QED) is 0.242. The second-order valence-corrected chi connectivity index (χ2v) is 10.3. The standard InChI is InChI=1S/C34H34N4O3/c1-5-24-11-14-27(41-23(24)4)15-17-36-33(39)25-9-12-26(13-10-25)37-34(40)29-20-31(30-8-6-7-16-35-30)38-32-22(3)18-21(2)19-28(29)32/h6-10,12-14,16,18-20H,5,11,15,17H2,1-4H3,(H,36,39)(H,37,40). The van der Waals surface area contributed by atoms with Crippen LogP contribution in [0.3, 0.4) is 0 Å². The molecule has 2 N–H and O–H groups in total. The molecule has 0 aliphatic carbocycles. The van der Waals surface area contributed by atoms with Crippen LogP contribution in [0.4, 0.5) is 5.69 Å². The lowest BCUT2D eigenvalue weighted by atomic mass is 10.00.